The predicted octanol–water partition coefficient (Wildman–Crippen LogP) is 1.66. The van der Waals surface area contributed by atoms with Crippen molar-refractivity contribution in [1.82, 2.24) is 0 Å². The lowest BCUT2D eigenvalue weighted by Gasteiger charge is -2.41. The molecule has 0 aromatic heterocycles. The highest BCUT2D eigenvalue weighted by molar-refractivity contribution is 6.04. The molecule has 0 atom stereocenters. The number of aliphatic hydroxyl groups is 1. The predicted molar refractivity (Wildman–Crippen MR) is 74.7 cm³/mol. The van der Waals surface area contributed by atoms with Gasteiger partial charge in [0.05, 0.1) is 12.8 Å². The van der Waals surface area contributed by atoms with Crippen molar-refractivity contribution < 1.29 is 24.6 Å². The molecule has 0 saturated heterocycles. The number of nitrogens with zero attached hydrogens (tertiary/aromatic N) is 1. The molecule has 0 radical (unpaired) electrons. The molecule has 1 aromatic carbocycles. The molecule has 2 N–H and O–H groups in total. The molecule has 0 unspecified atom stereocenters. The standard InChI is InChI=1S/C15H17NO5/c1-20-13-3-2-10(4-11(13)14(18)19)12-7-15(21-16-12)5-9(6-15)8-17/h2-4,9,17H,5-8H2,1H3,(H,18,19). The second-order valence-electron chi connectivity index (χ2n) is 5.67. The van der Waals surface area contributed by atoms with Crippen LogP contribution in [0.5, 0.6) is 5.75 Å². The highest BCUT2D eigenvalue weighted by Gasteiger charge is 2.50. The van der Waals surface area contributed by atoms with E-state index < -0.39 is 5.97 Å². The van der Waals surface area contributed by atoms with E-state index in [0.717, 1.165) is 24.1 Å². The lowest BCUT2D eigenvalue weighted by atomic mass is 9.69. The maximum Gasteiger partial charge on any atom is 0.339 e. The molecule has 1 spiro atoms. The van der Waals surface area contributed by atoms with Gasteiger partial charge in [-0.2, -0.15) is 0 Å². The van der Waals surface area contributed by atoms with E-state index in [9.17, 15) is 9.90 Å². The summed E-state index contributed by atoms with van der Waals surface area (Å²) in [5.74, 6) is -0.429. The molecule has 1 aliphatic carbocycles. The smallest absolute Gasteiger partial charge is 0.339 e. The number of aliphatic hydroxyl groups excluding tert-OH is 1. The number of carboxylic acid groups (broad SMARTS) is 1. The fraction of sp³-hybridized carbons (Fsp3) is 0.467. The van der Waals surface area contributed by atoms with Gasteiger partial charge in [-0.3, -0.25) is 0 Å². The summed E-state index contributed by atoms with van der Waals surface area (Å²) in [5.41, 5.74) is 1.29. The first-order chi connectivity index (χ1) is 10.1. The lowest BCUT2D eigenvalue weighted by molar-refractivity contribution is -0.117. The first-order valence-corrected chi connectivity index (χ1v) is 6.84. The Labute approximate surface area is 122 Å². The Kier molecular flexibility index (Phi) is 3.33. The molecule has 1 fully saturated rings. The van der Waals surface area contributed by atoms with Gasteiger partial charge in [0.1, 0.15) is 16.9 Å². The Morgan fingerprint density at radius 1 is 1.52 bits per heavy atom. The number of carbonyl (C=O) groups is 1. The number of methoxy groups -OCH3 is 1. The summed E-state index contributed by atoms with van der Waals surface area (Å²) in [7, 11) is 1.44. The van der Waals surface area contributed by atoms with E-state index in [-0.39, 0.29) is 23.7 Å². The van der Waals surface area contributed by atoms with Crippen molar-refractivity contribution in [3.63, 3.8) is 0 Å². The van der Waals surface area contributed by atoms with Crippen LogP contribution in [0.1, 0.15) is 35.2 Å². The van der Waals surface area contributed by atoms with E-state index in [1.807, 2.05) is 0 Å². The zero-order chi connectivity index (χ0) is 15.0. The number of aromatic carboxylic acids is 1. The minimum Gasteiger partial charge on any atom is -0.496 e. The highest BCUT2D eigenvalue weighted by Crippen LogP contribution is 2.47. The zero-order valence-electron chi connectivity index (χ0n) is 11.7. The number of carboxylic acids is 1. The van der Waals surface area contributed by atoms with Gasteiger partial charge in [-0.1, -0.05) is 5.16 Å². The third kappa shape index (κ3) is 2.35. The first kappa shape index (κ1) is 13.9. The molecule has 1 aliphatic heterocycles. The SMILES string of the molecule is COc1ccc(C2=NOC3(C2)CC(CO)C3)cc1C(=O)O. The van der Waals surface area contributed by atoms with Crippen molar-refractivity contribution in [3.05, 3.63) is 29.3 Å². The van der Waals surface area contributed by atoms with Gasteiger partial charge in [0.2, 0.25) is 0 Å². The monoisotopic (exact) mass is 291 g/mol. The largest absolute Gasteiger partial charge is 0.496 e. The van der Waals surface area contributed by atoms with E-state index >= 15 is 0 Å². The van der Waals surface area contributed by atoms with Crippen LogP contribution in [0.3, 0.4) is 0 Å². The van der Waals surface area contributed by atoms with Crippen molar-refractivity contribution in [1.29, 1.82) is 0 Å². The fourth-order valence-corrected chi connectivity index (χ4v) is 3.07. The number of hydrogen-bond donors (Lipinski definition) is 2. The Bertz CT molecular complexity index is 604. The zero-order valence-corrected chi connectivity index (χ0v) is 11.7. The molecular weight excluding hydrogens is 274 g/mol. The summed E-state index contributed by atoms with van der Waals surface area (Å²) < 4.78 is 5.05. The van der Waals surface area contributed by atoms with Gasteiger partial charge in [-0.25, -0.2) is 4.79 Å². The maximum atomic E-state index is 11.2. The van der Waals surface area contributed by atoms with Crippen molar-refractivity contribution in [2.24, 2.45) is 11.1 Å². The second kappa shape index (κ2) is 5.04. The fourth-order valence-electron chi connectivity index (χ4n) is 3.07. The Morgan fingerprint density at radius 3 is 2.90 bits per heavy atom. The molecule has 0 bridgehead atoms. The quantitative estimate of drug-likeness (QED) is 0.880. The summed E-state index contributed by atoms with van der Waals surface area (Å²) in [6, 6.07) is 4.98. The molecular formula is C15H17NO5. The van der Waals surface area contributed by atoms with Crippen LogP contribution in [0.4, 0.5) is 0 Å². The van der Waals surface area contributed by atoms with Crippen LogP contribution >= 0.6 is 0 Å². The number of hydrogen-bond acceptors (Lipinski definition) is 5. The van der Waals surface area contributed by atoms with E-state index in [4.69, 9.17) is 14.7 Å². The lowest BCUT2D eigenvalue weighted by Crippen LogP contribution is -2.45. The summed E-state index contributed by atoms with van der Waals surface area (Å²) >= 11 is 0. The summed E-state index contributed by atoms with van der Waals surface area (Å²) in [6.07, 6.45) is 2.23. The summed E-state index contributed by atoms with van der Waals surface area (Å²) in [4.78, 5) is 16.8. The number of benzene rings is 1. The van der Waals surface area contributed by atoms with E-state index in [0.29, 0.717) is 12.2 Å². The van der Waals surface area contributed by atoms with Crippen LogP contribution in [-0.4, -0.2) is 41.2 Å². The van der Waals surface area contributed by atoms with Gasteiger partial charge in [-0.05, 0) is 37.0 Å². The molecule has 1 heterocycles. The minimum atomic E-state index is -1.04. The van der Waals surface area contributed by atoms with Crippen molar-refractivity contribution in [2.45, 2.75) is 24.9 Å². The minimum absolute atomic E-state index is 0.112. The van der Waals surface area contributed by atoms with Gasteiger partial charge < -0.3 is 19.8 Å². The van der Waals surface area contributed by atoms with Crippen LogP contribution in [0.15, 0.2) is 23.4 Å². The molecule has 6 nitrogen and oxygen atoms in total. The molecule has 0 amide bonds. The van der Waals surface area contributed by atoms with Crippen LogP contribution in [0.2, 0.25) is 0 Å². The molecule has 21 heavy (non-hydrogen) atoms. The first-order valence-electron chi connectivity index (χ1n) is 6.84. The van der Waals surface area contributed by atoms with Crippen LogP contribution in [0, 0.1) is 5.92 Å². The van der Waals surface area contributed by atoms with Crippen molar-refractivity contribution in [3.8, 4) is 5.75 Å². The molecule has 1 aromatic rings. The van der Waals surface area contributed by atoms with Crippen LogP contribution in [0.25, 0.3) is 0 Å². The van der Waals surface area contributed by atoms with Gasteiger partial charge in [0.15, 0.2) is 0 Å². The topological polar surface area (TPSA) is 88.4 Å². The molecule has 112 valence electrons. The van der Waals surface area contributed by atoms with Gasteiger partial charge in [0, 0.05) is 18.6 Å². The van der Waals surface area contributed by atoms with Crippen molar-refractivity contribution in [2.75, 3.05) is 13.7 Å². The number of oxime groups is 1. The van der Waals surface area contributed by atoms with E-state index in [1.54, 1.807) is 18.2 Å². The molecule has 2 aliphatic rings. The van der Waals surface area contributed by atoms with Crippen molar-refractivity contribution >= 4 is 11.7 Å². The van der Waals surface area contributed by atoms with Crippen LogP contribution < -0.4 is 4.74 Å². The average molecular weight is 291 g/mol. The summed E-state index contributed by atoms with van der Waals surface area (Å²) in [5, 5.41) is 22.4. The Morgan fingerprint density at radius 2 is 2.29 bits per heavy atom. The van der Waals surface area contributed by atoms with Gasteiger partial charge >= 0.3 is 5.97 Å². The van der Waals surface area contributed by atoms with E-state index in [2.05, 4.69) is 5.16 Å². The second-order valence-corrected chi connectivity index (χ2v) is 5.67. The highest BCUT2D eigenvalue weighted by atomic mass is 16.7. The van der Waals surface area contributed by atoms with E-state index in [1.165, 1.54) is 7.11 Å². The number of ether oxygens (including phenoxy) is 1. The van der Waals surface area contributed by atoms with Gasteiger partial charge in [0.25, 0.3) is 0 Å². The third-order valence-electron chi connectivity index (χ3n) is 4.18. The Balaban J connectivity index is 1.80. The molecule has 1 saturated carbocycles. The summed E-state index contributed by atoms with van der Waals surface area (Å²) in [6.45, 7) is 0.173. The van der Waals surface area contributed by atoms with Gasteiger partial charge in [-0.15, -0.1) is 0 Å². The van der Waals surface area contributed by atoms with Crippen LogP contribution in [-0.2, 0) is 4.84 Å². The molecule has 3 rings (SSSR count). The normalized spacial score (nSPS) is 27.0. The average Bonchev–Trinajstić information content (AvgIpc) is 2.90. The number of rotatable bonds is 4. The maximum absolute atomic E-state index is 11.2. The molecule has 6 heteroatoms. The Hall–Kier alpha value is -2.08. The third-order valence-corrected chi connectivity index (χ3v) is 4.18.